The highest BCUT2D eigenvalue weighted by molar-refractivity contribution is 6.05. The molecule has 4 aromatic rings. The van der Waals surface area contributed by atoms with Crippen molar-refractivity contribution < 1.29 is 18.0 Å². The summed E-state index contributed by atoms with van der Waals surface area (Å²) in [5.74, 6) is -0.608. The van der Waals surface area contributed by atoms with Crippen molar-refractivity contribution in [3.63, 3.8) is 0 Å². The van der Waals surface area contributed by atoms with Gasteiger partial charge in [0, 0.05) is 42.9 Å². The van der Waals surface area contributed by atoms with Gasteiger partial charge in [0.05, 0.1) is 23.7 Å². The van der Waals surface area contributed by atoms with Crippen LogP contribution in [0.4, 0.5) is 19.0 Å². The summed E-state index contributed by atoms with van der Waals surface area (Å²) >= 11 is 0. The van der Waals surface area contributed by atoms with Crippen molar-refractivity contribution in [2.75, 3.05) is 5.32 Å². The van der Waals surface area contributed by atoms with Crippen molar-refractivity contribution in [3.8, 4) is 11.3 Å². The topological polar surface area (TPSA) is 77.6 Å². The molecule has 0 atom stereocenters. The zero-order chi connectivity index (χ0) is 20.8. The molecule has 7 nitrogen and oxygen atoms in total. The van der Waals surface area contributed by atoms with Crippen LogP contribution in [-0.4, -0.2) is 30.2 Å². The summed E-state index contributed by atoms with van der Waals surface area (Å²) in [4.78, 5) is 21.0. The number of amides is 1. The highest BCUT2D eigenvalue weighted by Crippen LogP contribution is 2.30. The van der Waals surface area contributed by atoms with Gasteiger partial charge in [-0.3, -0.25) is 14.5 Å². The number of carbonyl (C=O) groups is 1. The number of halogens is 3. The number of rotatable bonds is 3. The van der Waals surface area contributed by atoms with E-state index < -0.39 is 17.8 Å². The van der Waals surface area contributed by atoms with Crippen molar-refractivity contribution in [1.82, 2.24) is 24.3 Å². The number of hydrogen-bond donors (Lipinski definition) is 1. The molecule has 1 aromatic carbocycles. The van der Waals surface area contributed by atoms with Gasteiger partial charge < -0.3 is 9.88 Å². The molecule has 0 aliphatic carbocycles. The molecule has 10 heteroatoms. The molecule has 0 unspecified atom stereocenters. The summed E-state index contributed by atoms with van der Waals surface area (Å²) in [6, 6.07) is 7.63. The number of imidazole rings is 1. The maximum atomic E-state index is 12.8. The van der Waals surface area contributed by atoms with E-state index in [2.05, 4.69) is 20.4 Å². The molecule has 0 radical (unpaired) electrons. The van der Waals surface area contributed by atoms with Crippen molar-refractivity contribution in [2.45, 2.75) is 6.18 Å². The maximum Gasteiger partial charge on any atom is 0.435 e. The first kappa shape index (κ1) is 18.7. The largest absolute Gasteiger partial charge is 0.435 e. The highest BCUT2D eigenvalue weighted by atomic mass is 19.4. The zero-order valence-corrected chi connectivity index (χ0v) is 15.4. The summed E-state index contributed by atoms with van der Waals surface area (Å²) in [6.07, 6.45) is 0.514. The lowest BCUT2D eigenvalue weighted by Gasteiger charge is -2.07. The fraction of sp³-hybridized carbons (Fsp3) is 0.158. The number of hydrogen-bond acceptors (Lipinski definition) is 4. The molecular weight excluding hydrogens is 385 g/mol. The van der Waals surface area contributed by atoms with Crippen LogP contribution in [0.2, 0.25) is 0 Å². The summed E-state index contributed by atoms with van der Waals surface area (Å²) in [5, 5.41) is 6.64. The van der Waals surface area contributed by atoms with Crippen LogP contribution in [0.5, 0.6) is 0 Å². The highest BCUT2D eigenvalue weighted by Gasteiger charge is 2.34. The summed E-state index contributed by atoms with van der Waals surface area (Å²) < 4.78 is 41.2. The molecule has 0 saturated carbocycles. The third kappa shape index (κ3) is 3.56. The fourth-order valence-corrected chi connectivity index (χ4v) is 2.95. The second kappa shape index (κ2) is 6.73. The number of benzene rings is 1. The minimum Gasteiger partial charge on any atom is -0.334 e. The lowest BCUT2D eigenvalue weighted by atomic mass is 10.1. The Morgan fingerprint density at radius 1 is 1.10 bits per heavy atom. The van der Waals surface area contributed by atoms with E-state index in [1.807, 2.05) is 17.7 Å². The van der Waals surface area contributed by atoms with Crippen molar-refractivity contribution >= 4 is 22.6 Å². The molecule has 0 bridgehead atoms. The predicted molar refractivity (Wildman–Crippen MR) is 100 cm³/mol. The van der Waals surface area contributed by atoms with Gasteiger partial charge in [0.25, 0.3) is 5.91 Å². The number of anilines is 1. The first-order valence-electron chi connectivity index (χ1n) is 8.51. The van der Waals surface area contributed by atoms with Crippen LogP contribution in [0.25, 0.3) is 22.2 Å². The second-order valence-corrected chi connectivity index (χ2v) is 6.51. The molecule has 3 heterocycles. The van der Waals surface area contributed by atoms with E-state index in [0.29, 0.717) is 5.52 Å². The molecule has 0 saturated heterocycles. The number of fused-ring (bicyclic) bond motifs is 1. The average molecular weight is 400 g/mol. The van der Waals surface area contributed by atoms with E-state index in [9.17, 15) is 18.0 Å². The Morgan fingerprint density at radius 2 is 1.90 bits per heavy atom. The molecule has 0 fully saturated rings. The Morgan fingerprint density at radius 3 is 2.55 bits per heavy atom. The third-order valence-corrected chi connectivity index (χ3v) is 4.47. The molecule has 29 heavy (non-hydrogen) atoms. The third-order valence-electron chi connectivity index (χ3n) is 4.47. The van der Waals surface area contributed by atoms with Crippen LogP contribution in [0.3, 0.4) is 0 Å². The van der Waals surface area contributed by atoms with Gasteiger partial charge in [0.2, 0.25) is 0 Å². The van der Waals surface area contributed by atoms with Gasteiger partial charge in [-0.2, -0.15) is 18.3 Å². The number of aryl methyl sites for hydroxylation is 2. The number of nitrogens with one attached hydrogen (secondary N) is 1. The predicted octanol–water partition coefficient (Wildman–Crippen LogP) is 3.64. The normalized spacial score (nSPS) is 11.8. The molecule has 4 rings (SSSR count). The van der Waals surface area contributed by atoms with E-state index in [1.165, 1.54) is 7.05 Å². The summed E-state index contributed by atoms with van der Waals surface area (Å²) in [6.45, 7) is 0. The first-order valence-corrected chi connectivity index (χ1v) is 8.51. The van der Waals surface area contributed by atoms with E-state index in [1.54, 1.807) is 36.9 Å². The lowest BCUT2D eigenvalue weighted by molar-refractivity contribution is -0.141. The van der Waals surface area contributed by atoms with Crippen LogP contribution < -0.4 is 5.32 Å². The van der Waals surface area contributed by atoms with Crippen molar-refractivity contribution in [2.24, 2.45) is 14.1 Å². The molecule has 148 valence electrons. The molecule has 3 aromatic heterocycles. The van der Waals surface area contributed by atoms with Gasteiger partial charge in [0.15, 0.2) is 5.69 Å². The Labute approximate surface area is 162 Å². The van der Waals surface area contributed by atoms with E-state index >= 15 is 0 Å². The van der Waals surface area contributed by atoms with E-state index in [-0.39, 0.29) is 11.4 Å². The summed E-state index contributed by atoms with van der Waals surface area (Å²) in [7, 11) is 3.20. The maximum absolute atomic E-state index is 12.8. The minimum atomic E-state index is -4.58. The van der Waals surface area contributed by atoms with Gasteiger partial charge >= 0.3 is 6.18 Å². The molecule has 1 amide bonds. The monoisotopic (exact) mass is 400 g/mol. The summed E-state index contributed by atoms with van der Waals surface area (Å²) in [5.41, 5.74) is 1.57. The van der Waals surface area contributed by atoms with Gasteiger partial charge in [0.1, 0.15) is 5.82 Å². The molecular formula is C19H15F3N6O. The SMILES string of the molecule is Cn1cncc1-c1cnc2cc(C(=O)Nc3cc(C(F)(F)F)nn3C)ccc2c1. The Kier molecular flexibility index (Phi) is 4.33. The van der Waals surface area contributed by atoms with Gasteiger partial charge in [-0.25, -0.2) is 4.98 Å². The van der Waals surface area contributed by atoms with E-state index in [4.69, 9.17) is 0 Å². The molecule has 0 aliphatic heterocycles. The number of pyridine rings is 1. The average Bonchev–Trinajstić information content (AvgIpc) is 3.26. The van der Waals surface area contributed by atoms with Crippen LogP contribution in [-0.2, 0) is 20.3 Å². The Balaban J connectivity index is 1.60. The Hall–Kier alpha value is -3.69. The van der Waals surface area contributed by atoms with E-state index in [0.717, 1.165) is 27.4 Å². The number of alkyl halides is 3. The number of nitrogens with zero attached hydrogens (tertiary/aromatic N) is 5. The van der Waals surface area contributed by atoms with Crippen LogP contribution >= 0.6 is 0 Å². The first-order chi connectivity index (χ1) is 13.7. The van der Waals surface area contributed by atoms with Crippen LogP contribution in [0.1, 0.15) is 16.1 Å². The zero-order valence-electron chi connectivity index (χ0n) is 15.4. The number of aromatic nitrogens is 5. The quantitative estimate of drug-likeness (QED) is 0.570. The fourth-order valence-electron chi connectivity index (χ4n) is 2.95. The van der Waals surface area contributed by atoms with Gasteiger partial charge in [-0.1, -0.05) is 6.07 Å². The standard InChI is InChI=1S/C19H15F3N6O/c1-27-10-23-9-15(27)13-5-11-3-4-12(6-14(11)24-8-13)18(29)25-17-7-16(19(20,21)22)26-28(17)2/h3-10H,1-2H3,(H,25,29). The molecule has 0 aliphatic rings. The molecule has 1 N–H and O–H groups in total. The lowest BCUT2D eigenvalue weighted by Crippen LogP contribution is -2.14. The van der Waals surface area contributed by atoms with Crippen molar-refractivity contribution in [1.29, 1.82) is 0 Å². The number of carbonyl (C=O) groups excluding carboxylic acids is 1. The van der Waals surface area contributed by atoms with Gasteiger partial charge in [-0.15, -0.1) is 0 Å². The minimum absolute atomic E-state index is 0.0538. The smallest absolute Gasteiger partial charge is 0.334 e. The van der Waals surface area contributed by atoms with Crippen molar-refractivity contribution in [3.05, 3.63) is 60.3 Å². The molecule has 0 spiro atoms. The second-order valence-electron chi connectivity index (χ2n) is 6.51. The van der Waals surface area contributed by atoms with Crippen LogP contribution in [0.15, 0.2) is 49.1 Å². The van der Waals surface area contributed by atoms with Crippen LogP contribution in [0, 0.1) is 0 Å². The van der Waals surface area contributed by atoms with Gasteiger partial charge in [-0.05, 0) is 18.2 Å². The Bertz CT molecular complexity index is 1220.